The quantitative estimate of drug-likeness (QED) is 0.869. The van der Waals surface area contributed by atoms with Crippen molar-refractivity contribution < 1.29 is 4.79 Å². The van der Waals surface area contributed by atoms with Gasteiger partial charge in [-0.3, -0.25) is 4.79 Å². The minimum absolute atomic E-state index is 0.136. The van der Waals surface area contributed by atoms with E-state index in [9.17, 15) is 4.79 Å². The molecule has 0 aliphatic rings. The van der Waals surface area contributed by atoms with E-state index in [1.54, 1.807) is 0 Å². The van der Waals surface area contributed by atoms with Crippen molar-refractivity contribution in [3.8, 4) is 0 Å². The van der Waals surface area contributed by atoms with Crippen LogP contribution in [0, 0.1) is 5.41 Å². The molecule has 2 N–H and O–H groups in total. The number of hydrogen-bond donors (Lipinski definition) is 1. The zero-order chi connectivity index (χ0) is 12.9. The average molecular weight is 234 g/mol. The summed E-state index contributed by atoms with van der Waals surface area (Å²) in [4.78, 5) is 14.2. The normalized spacial score (nSPS) is 11.3. The first-order valence-electron chi connectivity index (χ1n) is 6.04. The van der Waals surface area contributed by atoms with E-state index in [0.29, 0.717) is 13.1 Å². The molecule has 94 valence electrons. The first kappa shape index (κ1) is 13.7. The predicted octanol–water partition coefficient (Wildman–Crippen LogP) is 2.41. The molecule has 0 saturated carbocycles. The third-order valence-electron chi connectivity index (χ3n) is 2.54. The highest BCUT2D eigenvalue weighted by molar-refractivity contribution is 5.96. The minimum Gasteiger partial charge on any atom is -0.330 e. The first-order chi connectivity index (χ1) is 7.96. The molecule has 17 heavy (non-hydrogen) atoms. The van der Waals surface area contributed by atoms with E-state index in [1.165, 1.54) is 0 Å². The van der Waals surface area contributed by atoms with E-state index < -0.39 is 0 Å². The van der Waals surface area contributed by atoms with Crippen molar-refractivity contribution in [1.29, 1.82) is 0 Å². The summed E-state index contributed by atoms with van der Waals surface area (Å²) in [5.74, 6) is 0.136. The van der Waals surface area contributed by atoms with Crippen molar-refractivity contribution in [1.82, 2.24) is 0 Å². The van der Waals surface area contributed by atoms with E-state index in [2.05, 4.69) is 0 Å². The van der Waals surface area contributed by atoms with Crippen LogP contribution in [0.3, 0.4) is 0 Å². The Hall–Kier alpha value is -1.35. The molecule has 0 aromatic heterocycles. The smallest absolute Gasteiger partial charge is 0.232 e. The van der Waals surface area contributed by atoms with E-state index in [4.69, 9.17) is 5.73 Å². The summed E-state index contributed by atoms with van der Waals surface area (Å²) >= 11 is 0. The summed E-state index contributed by atoms with van der Waals surface area (Å²) in [6, 6.07) is 9.76. The summed E-state index contributed by atoms with van der Waals surface area (Å²) in [6.07, 6.45) is 0.816. The van der Waals surface area contributed by atoms with Crippen molar-refractivity contribution in [3.63, 3.8) is 0 Å². The maximum absolute atomic E-state index is 12.4. The van der Waals surface area contributed by atoms with Crippen molar-refractivity contribution in [2.45, 2.75) is 27.2 Å². The van der Waals surface area contributed by atoms with Gasteiger partial charge >= 0.3 is 0 Å². The third-order valence-corrected chi connectivity index (χ3v) is 2.54. The van der Waals surface area contributed by atoms with E-state index in [-0.39, 0.29) is 11.3 Å². The van der Waals surface area contributed by atoms with Crippen LogP contribution in [0.15, 0.2) is 30.3 Å². The number of amides is 1. The Balaban J connectivity index is 2.92. The van der Waals surface area contributed by atoms with Crippen LogP contribution < -0.4 is 10.6 Å². The first-order valence-corrected chi connectivity index (χ1v) is 6.04. The molecule has 3 heteroatoms. The second kappa shape index (κ2) is 5.82. The molecule has 0 heterocycles. The minimum atomic E-state index is -0.371. The maximum Gasteiger partial charge on any atom is 0.232 e. The Bertz CT molecular complexity index is 354. The number of benzene rings is 1. The lowest BCUT2D eigenvalue weighted by Crippen LogP contribution is -2.40. The molecule has 0 fully saturated rings. The molecule has 0 spiro atoms. The summed E-state index contributed by atoms with van der Waals surface area (Å²) in [5.41, 5.74) is 6.10. The lowest BCUT2D eigenvalue weighted by atomic mass is 9.94. The zero-order valence-corrected chi connectivity index (χ0v) is 10.9. The highest BCUT2D eigenvalue weighted by Gasteiger charge is 2.27. The topological polar surface area (TPSA) is 46.3 Å². The van der Waals surface area contributed by atoms with Gasteiger partial charge < -0.3 is 10.6 Å². The number of nitrogens with zero attached hydrogens (tertiary/aromatic N) is 1. The molecule has 1 rings (SSSR count). The monoisotopic (exact) mass is 234 g/mol. The average Bonchev–Trinajstić information content (AvgIpc) is 2.29. The van der Waals surface area contributed by atoms with Gasteiger partial charge in [-0.05, 0) is 25.1 Å². The summed E-state index contributed by atoms with van der Waals surface area (Å²) in [7, 11) is 0. The van der Waals surface area contributed by atoms with Gasteiger partial charge in [0.1, 0.15) is 0 Å². The number of carbonyl (C=O) groups is 1. The van der Waals surface area contributed by atoms with Crippen LogP contribution >= 0.6 is 0 Å². The fourth-order valence-electron chi connectivity index (χ4n) is 1.61. The van der Waals surface area contributed by atoms with Crippen molar-refractivity contribution in [2.75, 3.05) is 18.0 Å². The summed E-state index contributed by atoms with van der Waals surface area (Å²) in [6.45, 7) is 7.09. The van der Waals surface area contributed by atoms with E-state index in [0.717, 1.165) is 12.1 Å². The van der Waals surface area contributed by atoms with E-state index in [1.807, 2.05) is 56.0 Å². The van der Waals surface area contributed by atoms with Crippen molar-refractivity contribution in [2.24, 2.45) is 11.1 Å². The Morgan fingerprint density at radius 1 is 1.24 bits per heavy atom. The molecule has 1 aromatic carbocycles. The van der Waals surface area contributed by atoms with Crippen LogP contribution in [0.25, 0.3) is 0 Å². The second-order valence-electron chi connectivity index (χ2n) is 5.18. The van der Waals surface area contributed by atoms with Crippen LogP contribution in [0.2, 0.25) is 0 Å². The fourth-order valence-corrected chi connectivity index (χ4v) is 1.61. The molecule has 0 bridgehead atoms. The number of anilines is 1. The maximum atomic E-state index is 12.4. The third kappa shape index (κ3) is 3.86. The highest BCUT2D eigenvalue weighted by Crippen LogP contribution is 2.23. The number of carbonyl (C=O) groups excluding carboxylic acids is 1. The second-order valence-corrected chi connectivity index (χ2v) is 5.18. The van der Waals surface area contributed by atoms with Crippen LogP contribution in [0.1, 0.15) is 27.2 Å². The van der Waals surface area contributed by atoms with Gasteiger partial charge in [0.05, 0.1) is 0 Å². The highest BCUT2D eigenvalue weighted by atomic mass is 16.2. The van der Waals surface area contributed by atoms with Gasteiger partial charge in [-0.15, -0.1) is 0 Å². The molecule has 3 nitrogen and oxygen atoms in total. The Kier molecular flexibility index (Phi) is 4.70. The van der Waals surface area contributed by atoms with Crippen molar-refractivity contribution in [3.05, 3.63) is 30.3 Å². The molecule has 0 aliphatic carbocycles. The largest absolute Gasteiger partial charge is 0.330 e. The standard InChI is InChI=1S/C14H22N2O/c1-14(2,3)13(17)16(11-7-10-15)12-8-5-4-6-9-12/h4-6,8-9H,7,10-11,15H2,1-3H3. The van der Waals surface area contributed by atoms with Gasteiger partial charge in [0, 0.05) is 17.6 Å². The molecular weight excluding hydrogens is 212 g/mol. The van der Waals surface area contributed by atoms with Crippen molar-refractivity contribution >= 4 is 11.6 Å². The fraction of sp³-hybridized carbons (Fsp3) is 0.500. The Morgan fingerprint density at radius 3 is 2.29 bits per heavy atom. The Morgan fingerprint density at radius 2 is 1.82 bits per heavy atom. The number of hydrogen-bond acceptors (Lipinski definition) is 2. The van der Waals surface area contributed by atoms with Crippen LogP contribution in [0.5, 0.6) is 0 Å². The van der Waals surface area contributed by atoms with Gasteiger partial charge in [0.2, 0.25) is 5.91 Å². The SMILES string of the molecule is CC(C)(C)C(=O)N(CCCN)c1ccccc1. The predicted molar refractivity (Wildman–Crippen MR) is 71.9 cm³/mol. The van der Waals surface area contributed by atoms with Gasteiger partial charge in [-0.25, -0.2) is 0 Å². The van der Waals surface area contributed by atoms with Gasteiger partial charge in [-0.1, -0.05) is 39.0 Å². The van der Waals surface area contributed by atoms with Crippen LogP contribution in [0.4, 0.5) is 5.69 Å². The Labute approximate surface area is 104 Å². The zero-order valence-electron chi connectivity index (χ0n) is 10.9. The number of nitrogens with two attached hydrogens (primary N) is 1. The van der Waals surface area contributed by atoms with Crippen LogP contribution in [-0.4, -0.2) is 19.0 Å². The number of para-hydroxylation sites is 1. The number of rotatable bonds is 4. The summed E-state index contributed by atoms with van der Waals surface area (Å²) < 4.78 is 0. The van der Waals surface area contributed by atoms with Gasteiger partial charge in [-0.2, -0.15) is 0 Å². The molecule has 0 radical (unpaired) electrons. The van der Waals surface area contributed by atoms with Crippen LogP contribution in [-0.2, 0) is 4.79 Å². The lowest BCUT2D eigenvalue weighted by molar-refractivity contribution is -0.125. The summed E-state index contributed by atoms with van der Waals surface area (Å²) in [5, 5.41) is 0. The van der Waals surface area contributed by atoms with Gasteiger partial charge in [0.15, 0.2) is 0 Å². The lowest BCUT2D eigenvalue weighted by Gasteiger charge is -2.29. The molecule has 1 aromatic rings. The molecule has 0 unspecified atom stereocenters. The molecular formula is C14H22N2O. The molecule has 0 saturated heterocycles. The van der Waals surface area contributed by atoms with Gasteiger partial charge in [0.25, 0.3) is 0 Å². The molecule has 0 aliphatic heterocycles. The molecule has 1 amide bonds. The van der Waals surface area contributed by atoms with E-state index >= 15 is 0 Å². The molecule has 0 atom stereocenters.